The van der Waals surface area contributed by atoms with E-state index < -0.39 is 6.43 Å². The number of rotatable bonds is 4. The predicted molar refractivity (Wildman–Crippen MR) is 81.3 cm³/mol. The van der Waals surface area contributed by atoms with Gasteiger partial charge < -0.3 is 5.73 Å². The molecule has 20 heavy (non-hydrogen) atoms. The number of benzene rings is 1. The minimum Gasteiger partial charge on any atom is -0.329 e. The van der Waals surface area contributed by atoms with Crippen LogP contribution in [0.4, 0.5) is 8.78 Å². The van der Waals surface area contributed by atoms with Crippen LogP contribution in [0, 0.1) is 0 Å². The maximum Gasteiger partial charge on any atom is 0.263 e. The summed E-state index contributed by atoms with van der Waals surface area (Å²) in [7, 11) is 0. The Bertz CT molecular complexity index is 442. The average Bonchev–Trinajstić information content (AvgIpc) is 2.44. The first-order chi connectivity index (χ1) is 9.54. The lowest BCUT2D eigenvalue weighted by atomic mass is 10.0. The van der Waals surface area contributed by atoms with Crippen molar-refractivity contribution in [3.05, 3.63) is 35.4 Å². The van der Waals surface area contributed by atoms with Crippen LogP contribution in [0.5, 0.6) is 0 Å². The van der Waals surface area contributed by atoms with E-state index in [1.54, 1.807) is 12.1 Å². The van der Waals surface area contributed by atoms with Crippen LogP contribution in [0.2, 0.25) is 0 Å². The summed E-state index contributed by atoms with van der Waals surface area (Å²) >= 11 is 1.96. The van der Waals surface area contributed by atoms with Crippen molar-refractivity contribution in [1.82, 2.24) is 4.90 Å². The Balaban J connectivity index is 2.25. The molecule has 112 valence electrons. The normalized spacial score (nSPS) is 25.9. The van der Waals surface area contributed by atoms with E-state index in [-0.39, 0.29) is 11.6 Å². The molecule has 1 aromatic rings. The van der Waals surface area contributed by atoms with Crippen LogP contribution >= 0.6 is 11.8 Å². The summed E-state index contributed by atoms with van der Waals surface area (Å²) in [6, 6.07) is 7.10. The van der Waals surface area contributed by atoms with Gasteiger partial charge in [0.2, 0.25) is 0 Å². The van der Waals surface area contributed by atoms with E-state index in [9.17, 15) is 8.78 Å². The zero-order chi connectivity index (χ0) is 14.7. The maximum absolute atomic E-state index is 12.8. The molecule has 1 saturated heterocycles. The van der Waals surface area contributed by atoms with Crippen LogP contribution in [0.3, 0.4) is 0 Å². The van der Waals surface area contributed by atoms with Crippen molar-refractivity contribution in [3.8, 4) is 0 Å². The number of hydrogen-bond acceptors (Lipinski definition) is 3. The molecule has 1 fully saturated rings. The van der Waals surface area contributed by atoms with Crippen LogP contribution in [-0.4, -0.2) is 35.0 Å². The van der Waals surface area contributed by atoms with Gasteiger partial charge in [0, 0.05) is 41.7 Å². The molecular weight excluding hydrogens is 278 g/mol. The SMILES string of the molecule is CC1SCCN(C(CN)c2cccc(C(F)F)c2)C1C. The molecule has 0 aliphatic carbocycles. The number of alkyl halides is 2. The van der Waals surface area contributed by atoms with Crippen molar-refractivity contribution >= 4 is 11.8 Å². The van der Waals surface area contributed by atoms with E-state index in [1.807, 2.05) is 17.8 Å². The standard InChI is InChI=1S/C15H22F2N2S/c1-10-11(2)20-7-6-19(10)14(9-18)12-4-3-5-13(8-12)15(16)17/h3-5,8,10-11,14-15H,6-7,9,18H2,1-2H3. The van der Waals surface area contributed by atoms with Crippen molar-refractivity contribution in [1.29, 1.82) is 0 Å². The zero-order valence-electron chi connectivity index (χ0n) is 11.9. The van der Waals surface area contributed by atoms with Crippen LogP contribution in [0.1, 0.15) is 37.4 Å². The van der Waals surface area contributed by atoms with Crippen molar-refractivity contribution in [2.24, 2.45) is 5.73 Å². The molecule has 0 radical (unpaired) electrons. The smallest absolute Gasteiger partial charge is 0.263 e. The monoisotopic (exact) mass is 300 g/mol. The number of halogens is 2. The molecule has 2 nitrogen and oxygen atoms in total. The lowest BCUT2D eigenvalue weighted by Crippen LogP contribution is -2.48. The molecule has 2 N–H and O–H groups in total. The van der Waals surface area contributed by atoms with Crippen molar-refractivity contribution < 1.29 is 8.78 Å². The number of hydrogen-bond donors (Lipinski definition) is 1. The van der Waals surface area contributed by atoms with Crippen LogP contribution in [-0.2, 0) is 0 Å². The molecule has 1 aromatic carbocycles. The zero-order valence-corrected chi connectivity index (χ0v) is 12.7. The maximum atomic E-state index is 12.8. The largest absolute Gasteiger partial charge is 0.329 e. The Morgan fingerprint density at radius 1 is 1.35 bits per heavy atom. The van der Waals surface area contributed by atoms with Gasteiger partial charge in [0.1, 0.15) is 0 Å². The minimum atomic E-state index is -2.43. The first-order valence-electron chi connectivity index (χ1n) is 7.00. The van der Waals surface area contributed by atoms with Crippen LogP contribution in [0.15, 0.2) is 24.3 Å². The molecule has 1 aliphatic heterocycles. The highest BCUT2D eigenvalue weighted by atomic mass is 32.2. The number of nitrogens with zero attached hydrogens (tertiary/aromatic N) is 1. The van der Waals surface area contributed by atoms with Gasteiger partial charge in [-0.3, -0.25) is 4.90 Å². The van der Waals surface area contributed by atoms with Gasteiger partial charge in [0.25, 0.3) is 6.43 Å². The summed E-state index contributed by atoms with van der Waals surface area (Å²) in [6.45, 7) is 5.81. The van der Waals surface area contributed by atoms with Crippen molar-refractivity contribution in [2.75, 3.05) is 18.8 Å². The van der Waals surface area contributed by atoms with Gasteiger partial charge in [-0.15, -0.1) is 0 Å². The lowest BCUT2D eigenvalue weighted by molar-refractivity contribution is 0.145. The molecular formula is C15H22F2N2S. The quantitative estimate of drug-likeness (QED) is 0.923. The second-order valence-corrected chi connectivity index (χ2v) is 6.76. The Labute approximate surface area is 123 Å². The van der Waals surface area contributed by atoms with Gasteiger partial charge in [0.05, 0.1) is 0 Å². The van der Waals surface area contributed by atoms with E-state index in [1.165, 1.54) is 6.07 Å². The van der Waals surface area contributed by atoms with Gasteiger partial charge in [-0.1, -0.05) is 25.1 Å². The van der Waals surface area contributed by atoms with Gasteiger partial charge in [0.15, 0.2) is 0 Å². The highest BCUT2D eigenvalue weighted by Gasteiger charge is 2.31. The summed E-state index contributed by atoms with van der Waals surface area (Å²) in [5.41, 5.74) is 6.91. The second-order valence-electron chi connectivity index (χ2n) is 5.28. The third-order valence-electron chi connectivity index (χ3n) is 4.10. The fraction of sp³-hybridized carbons (Fsp3) is 0.600. The molecule has 5 heteroatoms. The summed E-state index contributed by atoms with van der Waals surface area (Å²) in [4.78, 5) is 2.35. The van der Waals surface area contributed by atoms with E-state index >= 15 is 0 Å². The van der Waals surface area contributed by atoms with Crippen LogP contribution < -0.4 is 5.73 Å². The first-order valence-corrected chi connectivity index (χ1v) is 8.05. The highest BCUT2D eigenvalue weighted by molar-refractivity contribution is 8.00. The topological polar surface area (TPSA) is 29.3 Å². The van der Waals surface area contributed by atoms with E-state index in [4.69, 9.17) is 5.73 Å². The van der Waals surface area contributed by atoms with Gasteiger partial charge in [-0.05, 0) is 18.6 Å². The fourth-order valence-corrected chi connectivity index (χ4v) is 3.88. The van der Waals surface area contributed by atoms with Crippen molar-refractivity contribution in [3.63, 3.8) is 0 Å². The molecule has 0 amide bonds. The molecule has 0 spiro atoms. The number of thioether (sulfide) groups is 1. The van der Waals surface area contributed by atoms with E-state index in [0.717, 1.165) is 17.9 Å². The Kier molecular flexibility index (Phi) is 5.41. The summed E-state index contributed by atoms with van der Waals surface area (Å²) in [5.74, 6) is 1.07. The second kappa shape index (κ2) is 6.87. The Morgan fingerprint density at radius 2 is 2.05 bits per heavy atom. The molecule has 3 atom stereocenters. The highest BCUT2D eigenvalue weighted by Crippen LogP contribution is 2.32. The molecule has 3 unspecified atom stereocenters. The summed E-state index contributed by atoms with van der Waals surface area (Å²) in [6.07, 6.45) is -2.43. The minimum absolute atomic E-state index is 0.0204. The predicted octanol–water partition coefficient (Wildman–Crippen LogP) is 3.45. The first kappa shape index (κ1) is 15.7. The Hall–Kier alpha value is -0.650. The molecule has 0 saturated carbocycles. The molecule has 0 aromatic heterocycles. The summed E-state index contributed by atoms with van der Waals surface area (Å²) < 4.78 is 25.7. The number of nitrogens with two attached hydrogens (primary N) is 1. The molecule has 1 heterocycles. The Morgan fingerprint density at radius 3 is 2.70 bits per heavy atom. The van der Waals surface area contributed by atoms with Gasteiger partial charge in [-0.25, -0.2) is 8.78 Å². The lowest BCUT2D eigenvalue weighted by Gasteiger charge is -2.42. The molecule has 1 aliphatic rings. The van der Waals surface area contributed by atoms with Gasteiger partial charge >= 0.3 is 0 Å². The third-order valence-corrected chi connectivity index (χ3v) is 5.44. The summed E-state index contributed by atoms with van der Waals surface area (Å²) in [5, 5.41) is 0.538. The van der Waals surface area contributed by atoms with Crippen molar-refractivity contribution in [2.45, 2.75) is 37.6 Å². The molecule has 2 rings (SSSR count). The van der Waals surface area contributed by atoms with E-state index in [2.05, 4.69) is 18.7 Å². The van der Waals surface area contributed by atoms with Crippen LogP contribution in [0.25, 0.3) is 0 Å². The van der Waals surface area contributed by atoms with E-state index in [0.29, 0.717) is 17.8 Å². The molecule has 0 bridgehead atoms. The van der Waals surface area contributed by atoms with Gasteiger partial charge in [-0.2, -0.15) is 11.8 Å². The fourth-order valence-electron chi connectivity index (χ4n) is 2.76. The average molecular weight is 300 g/mol. The third kappa shape index (κ3) is 3.32.